The Balaban J connectivity index is 1.64. The number of carbonyl (C=O) groups is 1. The molecule has 10 heteroatoms. The summed E-state index contributed by atoms with van der Waals surface area (Å²) >= 11 is 0. The lowest BCUT2D eigenvalue weighted by molar-refractivity contribution is -0.00115. The van der Waals surface area contributed by atoms with Crippen molar-refractivity contribution in [1.82, 2.24) is 4.90 Å². The number of hydrogen-bond acceptors (Lipinski definition) is 5. The van der Waals surface area contributed by atoms with E-state index in [0.717, 1.165) is 31.6 Å². The average molecular weight is 411 g/mol. The van der Waals surface area contributed by atoms with Crippen LogP contribution in [0.4, 0.5) is 4.79 Å². The van der Waals surface area contributed by atoms with E-state index in [2.05, 4.69) is 30.4 Å². The highest BCUT2D eigenvalue weighted by Crippen LogP contribution is 2.42. The molecular formula is C20H33B4NO5. The molecule has 30 heavy (non-hydrogen) atoms. The first-order chi connectivity index (χ1) is 13.8. The molecule has 1 unspecified atom stereocenters. The van der Waals surface area contributed by atoms with Crippen LogP contribution in [0.5, 0.6) is 17.2 Å². The standard InChI is InChI=1S/C20H33B4NO5/c1-12-10-14(8-9-25(12)17(26)30-18(2,3)4)27-13-6-7-15-16(11-13)28-19(21,22)20(23,24-5)29-15/h6-7,11-12,14,24H,8-10,21-23H2,1-5H3/t12-,14+,20?/m1/s1. The Kier molecular flexibility index (Phi) is 6.09. The molecule has 0 saturated carbocycles. The molecule has 2 heterocycles. The van der Waals surface area contributed by atoms with Gasteiger partial charge in [-0.2, -0.15) is 0 Å². The highest BCUT2D eigenvalue weighted by molar-refractivity contribution is 6.60. The number of benzene rings is 1. The quantitative estimate of drug-likeness (QED) is 0.672. The predicted molar refractivity (Wildman–Crippen MR) is 128 cm³/mol. The number of hydrogen-bond donors (Lipinski definition) is 0. The van der Waals surface area contributed by atoms with E-state index in [9.17, 15) is 4.79 Å². The van der Waals surface area contributed by atoms with Gasteiger partial charge in [-0.25, -0.2) is 4.79 Å². The van der Waals surface area contributed by atoms with Crippen LogP contribution in [0.15, 0.2) is 18.2 Å². The van der Waals surface area contributed by atoms with Gasteiger partial charge in [0.1, 0.15) is 33.1 Å². The molecule has 3 rings (SSSR count). The number of carbonyl (C=O) groups excluding carboxylic acids is 1. The summed E-state index contributed by atoms with van der Waals surface area (Å²) in [6, 6.07) is 5.83. The van der Waals surface area contributed by atoms with Crippen LogP contribution in [0.3, 0.4) is 0 Å². The smallest absolute Gasteiger partial charge is 0.410 e. The average Bonchev–Trinajstić information content (AvgIpc) is 2.61. The second kappa shape index (κ2) is 8.01. The summed E-state index contributed by atoms with van der Waals surface area (Å²) in [6.45, 7) is 10.4. The molecule has 160 valence electrons. The third kappa shape index (κ3) is 4.73. The van der Waals surface area contributed by atoms with E-state index in [1.807, 2.05) is 45.9 Å². The minimum Gasteiger partial charge on any atom is -0.499 e. The summed E-state index contributed by atoms with van der Waals surface area (Å²) in [7, 11) is 7.05. The molecule has 1 aromatic rings. The maximum Gasteiger partial charge on any atom is 0.410 e. The van der Waals surface area contributed by atoms with Gasteiger partial charge in [-0.15, -0.1) is 0 Å². The molecule has 1 amide bonds. The van der Waals surface area contributed by atoms with E-state index < -0.39 is 11.0 Å². The van der Waals surface area contributed by atoms with Crippen molar-refractivity contribution >= 4 is 36.9 Å². The molecule has 0 bridgehead atoms. The van der Waals surface area contributed by atoms with Crippen LogP contribution >= 0.6 is 0 Å². The Labute approximate surface area is 183 Å². The fraction of sp³-hybridized carbons (Fsp3) is 0.650. The zero-order valence-corrected chi connectivity index (χ0v) is 19.7. The van der Waals surface area contributed by atoms with Crippen molar-refractivity contribution in [2.45, 2.75) is 75.9 Å². The lowest BCUT2D eigenvalue weighted by atomic mass is 9.35. The highest BCUT2D eigenvalue weighted by atomic mass is 16.6. The first kappa shape index (κ1) is 22.8. The zero-order valence-electron chi connectivity index (χ0n) is 19.7. The molecule has 2 aliphatic rings. The van der Waals surface area contributed by atoms with Crippen molar-refractivity contribution in [3.63, 3.8) is 0 Å². The van der Waals surface area contributed by atoms with Gasteiger partial charge in [-0.1, -0.05) is 6.82 Å². The Morgan fingerprint density at radius 1 is 1.23 bits per heavy atom. The summed E-state index contributed by atoms with van der Waals surface area (Å²) in [6.07, 6.45) is 1.30. The largest absolute Gasteiger partial charge is 0.499 e. The second-order valence-electron chi connectivity index (χ2n) is 10.2. The van der Waals surface area contributed by atoms with Crippen molar-refractivity contribution in [3.05, 3.63) is 18.2 Å². The lowest BCUT2D eigenvalue weighted by Gasteiger charge is -2.49. The first-order valence-corrected chi connectivity index (χ1v) is 11.0. The summed E-state index contributed by atoms with van der Waals surface area (Å²) in [4.78, 5) is 14.2. The minimum absolute atomic E-state index is 0.0372. The number of amides is 1. The number of nitrogens with zero attached hydrogens (tertiary/aromatic N) is 1. The Morgan fingerprint density at radius 3 is 2.53 bits per heavy atom. The van der Waals surface area contributed by atoms with Crippen molar-refractivity contribution in [1.29, 1.82) is 0 Å². The second-order valence-corrected chi connectivity index (χ2v) is 10.2. The lowest BCUT2D eigenvalue weighted by Crippen LogP contribution is -2.67. The molecule has 0 N–H and O–H groups in total. The molecule has 0 aromatic heterocycles. The molecule has 0 aliphatic carbocycles. The normalized spacial score (nSPS) is 27.8. The van der Waals surface area contributed by atoms with Gasteiger partial charge in [0.05, 0.1) is 10.8 Å². The summed E-state index contributed by atoms with van der Waals surface area (Å²) in [5.74, 6) is 2.22. The summed E-state index contributed by atoms with van der Waals surface area (Å²) in [5, 5.41) is -0.826. The first-order valence-electron chi connectivity index (χ1n) is 11.0. The Bertz CT molecular complexity index is 800. The topological polar surface area (TPSA) is 57.2 Å². The molecule has 1 aromatic carbocycles. The Morgan fingerprint density at radius 2 is 1.93 bits per heavy atom. The van der Waals surface area contributed by atoms with E-state index in [0.29, 0.717) is 12.3 Å². The highest BCUT2D eigenvalue weighted by Gasteiger charge is 2.47. The van der Waals surface area contributed by atoms with Crippen LogP contribution in [0.25, 0.3) is 0 Å². The molecule has 0 spiro atoms. The summed E-state index contributed by atoms with van der Waals surface area (Å²) < 4.78 is 24.4. The zero-order chi connectivity index (χ0) is 22.3. The van der Waals surface area contributed by atoms with Crippen LogP contribution in [-0.2, 0) is 4.74 Å². The number of fused-ring (bicyclic) bond motifs is 1. The Hall–Kier alpha value is -1.85. The maximum absolute atomic E-state index is 12.4. The van der Waals surface area contributed by atoms with Gasteiger partial charge in [-0.3, -0.25) is 0 Å². The number of piperidine rings is 1. The van der Waals surface area contributed by atoms with Crippen LogP contribution in [0.2, 0.25) is 6.82 Å². The number of ether oxygens (including phenoxy) is 4. The van der Waals surface area contributed by atoms with Gasteiger partial charge >= 0.3 is 6.09 Å². The third-order valence-electron chi connectivity index (χ3n) is 6.32. The molecular weight excluding hydrogens is 377 g/mol. The van der Waals surface area contributed by atoms with E-state index in [4.69, 9.17) is 18.9 Å². The van der Waals surface area contributed by atoms with E-state index in [-0.39, 0.29) is 23.6 Å². The molecule has 2 aliphatic heterocycles. The fourth-order valence-corrected chi connectivity index (χ4v) is 3.99. The van der Waals surface area contributed by atoms with Gasteiger partial charge in [0, 0.05) is 31.5 Å². The molecule has 6 nitrogen and oxygen atoms in total. The van der Waals surface area contributed by atoms with Gasteiger partial charge in [-0.05, 0) is 39.8 Å². The number of likely N-dealkylation sites (tertiary alicyclic amines) is 1. The summed E-state index contributed by atoms with van der Waals surface area (Å²) in [5.41, 5.74) is -0.489. The molecule has 3 atom stereocenters. The van der Waals surface area contributed by atoms with Gasteiger partial charge in [0.25, 0.3) is 0 Å². The fourth-order valence-electron chi connectivity index (χ4n) is 3.99. The van der Waals surface area contributed by atoms with E-state index in [1.165, 1.54) is 0 Å². The molecule has 1 fully saturated rings. The van der Waals surface area contributed by atoms with Crippen molar-refractivity contribution in [3.8, 4) is 17.2 Å². The van der Waals surface area contributed by atoms with Gasteiger partial charge in [0.2, 0.25) is 0 Å². The van der Waals surface area contributed by atoms with Crippen molar-refractivity contribution < 1.29 is 23.7 Å². The van der Waals surface area contributed by atoms with Crippen LogP contribution in [0, 0.1) is 0 Å². The van der Waals surface area contributed by atoms with E-state index in [1.54, 1.807) is 4.90 Å². The van der Waals surface area contributed by atoms with Crippen LogP contribution in [0.1, 0.15) is 40.5 Å². The molecule has 0 radical (unpaired) electrons. The van der Waals surface area contributed by atoms with Crippen LogP contribution < -0.4 is 14.2 Å². The predicted octanol–water partition coefficient (Wildman–Crippen LogP) is 0.316. The van der Waals surface area contributed by atoms with Crippen molar-refractivity contribution in [2.75, 3.05) is 6.54 Å². The minimum atomic E-state index is -0.489. The SMILES string of the molecule is BC1(B)Oc2cc(O[C@H]3CCN(C(=O)OC(C)(C)C)[C@H](C)C3)ccc2OC1(B)BC. The van der Waals surface area contributed by atoms with Crippen LogP contribution in [-0.4, -0.2) is 76.9 Å². The van der Waals surface area contributed by atoms with Crippen molar-refractivity contribution in [2.24, 2.45) is 0 Å². The van der Waals surface area contributed by atoms with Gasteiger partial charge in [0.15, 0.2) is 26.6 Å². The van der Waals surface area contributed by atoms with Gasteiger partial charge < -0.3 is 23.8 Å². The number of rotatable bonds is 3. The van der Waals surface area contributed by atoms with E-state index >= 15 is 0 Å². The monoisotopic (exact) mass is 411 g/mol. The maximum atomic E-state index is 12.4. The molecule has 1 saturated heterocycles. The third-order valence-corrected chi connectivity index (χ3v) is 6.32.